The van der Waals surface area contributed by atoms with Gasteiger partial charge in [0.15, 0.2) is 0 Å². The second kappa shape index (κ2) is 7.54. The fourth-order valence-corrected chi connectivity index (χ4v) is 0.181. The molecule has 0 aromatic rings. The van der Waals surface area contributed by atoms with Crippen LogP contribution in [-0.2, 0) is 10.1 Å². The second-order valence-electron chi connectivity index (χ2n) is 1.60. The molecule has 0 radical (unpaired) electrons. The summed E-state index contributed by atoms with van der Waals surface area (Å²) in [5.74, 6) is 5.20. The molecule has 2 N–H and O–H groups in total. The summed E-state index contributed by atoms with van der Waals surface area (Å²) in [5.41, 5.74) is 0. The molecule has 0 fully saturated rings. The fourth-order valence-electron chi connectivity index (χ4n) is 0.181. The zero-order valence-corrected chi connectivity index (χ0v) is 7.35. The molecule has 0 aliphatic carbocycles. The third-order valence-electron chi connectivity index (χ3n) is 0.381. The van der Waals surface area contributed by atoms with Crippen LogP contribution in [0.5, 0.6) is 0 Å². The minimum absolute atomic E-state index is 0.00611. The SMILES string of the molecule is CCC#CCO.CS(=O)(=O)O. The lowest BCUT2D eigenvalue weighted by molar-refractivity contribution is 0.350. The van der Waals surface area contributed by atoms with E-state index in [1.54, 1.807) is 0 Å². The average molecular weight is 180 g/mol. The Morgan fingerprint density at radius 2 is 1.73 bits per heavy atom. The molecule has 0 saturated heterocycles. The highest BCUT2D eigenvalue weighted by Crippen LogP contribution is 1.63. The molecular weight excluding hydrogens is 168 g/mol. The maximum atomic E-state index is 9.19. The van der Waals surface area contributed by atoms with E-state index >= 15 is 0 Å². The lowest BCUT2D eigenvalue weighted by atomic mass is 10.5. The van der Waals surface area contributed by atoms with Crippen LogP contribution < -0.4 is 0 Å². The van der Waals surface area contributed by atoms with E-state index in [9.17, 15) is 8.42 Å². The summed E-state index contributed by atoms with van der Waals surface area (Å²) in [6.45, 7) is 1.94. The van der Waals surface area contributed by atoms with Crippen molar-refractivity contribution in [3.63, 3.8) is 0 Å². The Balaban J connectivity index is 0. The largest absolute Gasteiger partial charge is 0.384 e. The maximum absolute atomic E-state index is 9.19. The second-order valence-corrected chi connectivity index (χ2v) is 3.06. The van der Waals surface area contributed by atoms with E-state index < -0.39 is 10.1 Å². The first kappa shape index (κ1) is 13.1. The molecule has 0 aromatic carbocycles. The van der Waals surface area contributed by atoms with Gasteiger partial charge in [-0.3, -0.25) is 4.55 Å². The molecule has 0 atom stereocenters. The molecule has 66 valence electrons. The molecule has 4 nitrogen and oxygen atoms in total. The average Bonchev–Trinajstić information content (AvgIpc) is 1.79. The summed E-state index contributed by atoms with van der Waals surface area (Å²) >= 11 is 0. The Hall–Kier alpha value is -0.570. The minimum atomic E-state index is -3.67. The van der Waals surface area contributed by atoms with Crippen molar-refractivity contribution in [1.82, 2.24) is 0 Å². The van der Waals surface area contributed by atoms with E-state index in [0.29, 0.717) is 6.26 Å². The molecule has 0 heterocycles. The van der Waals surface area contributed by atoms with Crippen molar-refractivity contribution in [3.05, 3.63) is 0 Å². The summed E-state index contributed by atoms with van der Waals surface area (Å²) in [4.78, 5) is 0. The van der Waals surface area contributed by atoms with Crippen molar-refractivity contribution in [2.45, 2.75) is 13.3 Å². The summed E-state index contributed by atoms with van der Waals surface area (Å²) in [5, 5.41) is 8.02. The van der Waals surface area contributed by atoms with Gasteiger partial charge in [-0.05, 0) is 0 Å². The Bertz CT molecular complexity index is 203. The van der Waals surface area contributed by atoms with Gasteiger partial charge in [0.05, 0.1) is 6.26 Å². The van der Waals surface area contributed by atoms with E-state index in [-0.39, 0.29) is 6.61 Å². The lowest BCUT2D eigenvalue weighted by Gasteiger charge is -1.69. The number of hydrogen-bond acceptors (Lipinski definition) is 3. The van der Waals surface area contributed by atoms with Crippen molar-refractivity contribution in [3.8, 4) is 11.8 Å². The van der Waals surface area contributed by atoms with E-state index in [1.807, 2.05) is 6.92 Å². The van der Waals surface area contributed by atoms with E-state index in [2.05, 4.69) is 11.8 Å². The Kier molecular flexibility index (Phi) is 8.94. The van der Waals surface area contributed by atoms with Crippen molar-refractivity contribution >= 4 is 10.1 Å². The Morgan fingerprint density at radius 3 is 1.82 bits per heavy atom. The highest BCUT2D eigenvalue weighted by atomic mass is 32.2. The Labute approximate surface area is 67.0 Å². The molecule has 11 heavy (non-hydrogen) atoms. The smallest absolute Gasteiger partial charge is 0.261 e. The molecule has 5 heteroatoms. The lowest BCUT2D eigenvalue weighted by Crippen LogP contribution is -1.88. The van der Waals surface area contributed by atoms with E-state index in [1.165, 1.54) is 0 Å². The van der Waals surface area contributed by atoms with Crippen LogP contribution in [0.1, 0.15) is 13.3 Å². The third-order valence-corrected chi connectivity index (χ3v) is 0.381. The van der Waals surface area contributed by atoms with Gasteiger partial charge in [0.1, 0.15) is 6.61 Å². The predicted molar refractivity (Wildman–Crippen MR) is 42.6 cm³/mol. The van der Waals surface area contributed by atoms with Crippen LogP contribution >= 0.6 is 0 Å². The predicted octanol–water partition coefficient (Wildman–Crippen LogP) is -0.104. The first-order valence-electron chi connectivity index (χ1n) is 2.90. The first-order chi connectivity index (χ1) is 4.91. The highest BCUT2D eigenvalue weighted by Gasteiger charge is 1.81. The van der Waals surface area contributed by atoms with Gasteiger partial charge in [-0.25, -0.2) is 0 Å². The number of rotatable bonds is 0. The molecule has 0 bridgehead atoms. The van der Waals surface area contributed by atoms with Gasteiger partial charge in [0.2, 0.25) is 0 Å². The number of aliphatic hydroxyl groups is 1. The molecule has 0 saturated carbocycles. The van der Waals surface area contributed by atoms with Gasteiger partial charge in [-0.2, -0.15) is 8.42 Å². The molecular formula is C6H12O4S. The van der Waals surface area contributed by atoms with Crippen molar-refractivity contribution in [1.29, 1.82) is 0 Å². The number of aliphatic hydroxyl groups excluding tert-OH is 1. The zero-order valence-electron chi connectivity index (χ0n) is 6.53. The van der Waals surface area contributed by atoms with Crippen LogP contribution in [0.2, 0.25) is 0 Å². The molecule has 0 amide bonds. The normalized spacial score (nSPS) is 8.73. The minimum Gasteiger partial charge on any atom is -0.384 e. The van der Waals surface area contributed by atoms with Gasteiger partial charge in [0.25, 0.3) is 10.1 Å². The van der Waals surface area contributed by atoms with Crippen LogP contribution in [0.3, 0.4) is 0 Å². The molecule has 0 unspecified atom stereocenters. The van der Waals surface area contributed by atoms with Crippen LogP contribution in [0, 0.1) is 11.8 Å². The van der Waals surface area contributed by atoms with E-state index in [4.69, 9.17) is 9.66 Å². The quantitative estimate of drug-likeness (QED) is 0.403. The molecule has 0 aliphatic heterocycles. The molecule has 0 aromatic heterocycles. The molecule has 0 aliphatic rings. The van der Waals surface area contributed by atoms with Gasteiger partial charge in [-0.1, -0.05) is 12.8 Å². The highest BCUT2D eigenvalue weighted by molar-refractivity contribution is 7.85. The summed E-state index contributed by atoms with van der Waals surface area (Å²) in [6, 6.07) is 0. The van der Waals surface area contributed by atoms with Gasteiger partial charge >= 0.3 is 0 Å². The van der Waals surface area contributed by atoms with Crippen molar-refractivity contribution in [2.75, 3.05) is 12.9 Å². The third kappa shape index (κ3) is 88.2. The van der Waals surface area contributed by atoms with Crippen LogP contribution in [0.15, 0.2) is 0 Å². The van der Waals surface area contributed by atoms with Gasteiger partial charge < -0.3 is 5.11 Å². The summed E-state index contributed by atoms with van der Waals surface area (Å²) in [6.07, 6.45) is 1.55. The molecule has 0 rings (SSSR count). The van der Waals surface area contributed by atoms with Crippen molar-refractivity contribution < 1.29 is 18.1 Å². The monoisotopic (exact) mass is 180 g/mol. The van der Waals surface area contributed by atoms with Crippen LogP contribution in [0.4, 0.5) is 0 Å². The topological polar surface area (TPSA) is 74.6 Å². The Morgan fingerprint density at radius 1 is 1.36 bits per heavy atom. The van der Waals surface area contributed by atoms with E-state index in [0.717, 1.165) is 6.42 Å². The van der Waals surface area contributed by atoms with Gasteiger partial charge in [0, 0.05) is 6.42 Å². The molecule has 0 spiro atoms. The first-order valence-corrected chi connectivity index (χ1v) is 4.75. The summed E-state index contributed by atoms with van der Waals surface area (Å²) in [7, 11) is -3.67. The van der Waals surface area contributed by atoms with Crippen LogP contribution in [0.25, 0.3) is 0 Å². The van der Waals surface area contributed by atoms with Crippen LogP contribution in [-0.4, -0.2) is 30.9 Å². The standard InChI is InChI=1S/C5H8O.CH4O3S/c1-2-3-4-5-6;1-5(2,3)4/h6H,2,5H2,1H3;1H3,(H,2,3,4). The summed E-state index contributed by atoms with van der Waals surface area (Å²) < 4.78 is 25.9. The maximum Gasteiger partial charge on any atom is 0.261 e. The zero-order chi connectivity index (χ0) is 9.33. The fraction of sp³-hybridized carbons (Fsp3) is 0.667. The van der Waals surface area contributed by atoms with Crippen molar-refractivity contribution in [2.24, 2.45) is 0 Å². The van der Waals surface area contributed by atoms with Gasteiger partial charge in [-0.15, -0.1) is 5.92 Å². The number of hydrogen-bond donors (Lipinski definition) is 2.